The fourth-order valence-corrected chi connectivity index (χ4v) is 0.533. The van der Waals surface area contributed by atoms with Crippen molar-refractivity contribution in [1.29, 1.82) is 0 Å². The molecule has 0 N–H and O–H groups in total. The molecular formula is C8H15NO. The van der Waals surface area contributed by atoms with Gasteiger partial charge in [-0.3, -0.25) is 4.79 Å². The Balaban J connectivity index is 3.49. The predicted molar refractivity (Wildman–Crippen MR) is 42.7 cm³/mol. The van der Waals surface area contributed by atoms with E-state index in [1.165, 1.54) is 0 Å². The summed E-state index contributed by atoms with van der Waals surface area (Å²) in [6, 6.07) is 0. The van der Waals surface area contributed by atoms with Gasteiger partial charge in [-0.1, -0.05) is 19.1 Å². The van der Waals surface area contributed by atoms with Gasteiger partial charge in [-0.15, -0.1) is 0 Å². The molecule has 0 aliphatic rings. The molecule has 0 radical (unpaired) electrons. The molecule has 0 saturated heterocycles. The summed E-state index contributed by atoms with van der Waals surface area (Å²) in [5, 5.41) is 0. The molecule has 0 fully saturated rings. The van der Waals surface area contributed by atoms with Crippen LogP contribution in [0.4, 0.5) is 0 Å². The molecule has 0 aromatic rings. The molecule has 0 atom stereocenters. The Labute approximate surface area is 62.5 Å². The summed E-state index contributed by atoms with van der Waals surface area (Å²) in [6.07, 6.45) is 5.44. The lowest BCUT2D eigenvalue weighted by Crippen LogP contribution is -2.20. The van der Waals surface area contributed by atoms with Crippen LogP contribution < -0.4 is 0 Å². The molecule has 0 aromatic carbocycles. The number of carbonyl (C=O) groups excluding carboxylic acids is 1. The van der Waals surface area contributed by atoms with Gasteiger partial charge in [-0.05, 0) is 6.42 Å². The summed E-state index contributed by atoms with van der Waals surface area (Å²) in [5.74, 6) is 0.157. The van der Waals surface area contributed by atoms with Crippen LogP contribution in [0.3, 0.4) is 0 Å². The molecule has 0 saturated carbocycles. The average molecular weight is 141 g/mol. The van der Waals surface area contributed by atoms with Crippen molar-refractivity contribution in [3.05, 3.63) is 12.2 Å². The maximum Gasteiger partial charge on any atom is 0.225 e. The van der Waals surface area contributed by atoms with Crippen LogP contribution in [0.25, 0.3) is 0 Å². The molecule has 0 rings (SSSR count). The summed E-state index contributed by atoms with van der Waals surface area (Å²) in [5.41, 5.74) is 0. The van der Waals surface area contributed by atoms with E-state index in [0.29, 0.717) is 6.42 Å². The fourth-order valence-electron chi connectivity index (χ4n) is 0.533. The van der Waals surface area contributed by atoms with Gasteiger partial charge in [0.05, 0.1) is 0 Å². The second kappa shape index (κ2) is 5.03. The average Bonchev–Trinajstić information content (AvgIpc) is 1.88. The summed E-state index contributed by atoms with van der Waals surface area (Å²) in [7, 11) is 3.53. The van der Waals surface area contributed by atoms with E-state index in [-0.39, 0.29) is 5.91 Å². The van der Waals surface area contributed by atoms with E-state index in [1.807, 2.05) is 12.2 Å². The lowest BCUT2D eigenvalue weighted by Gasteiger charge is -2.06. The van der Waals surface area contributed by atoms with Crippen LogP contribution in [0.15, 0.2) is 12.2 Å². The highest BCUT2D eigenvalue weighted by molar-refractivity contribution is 5.76. The zero-order valence-electron chi connectivity index (χ0n) is 6.92. The van der Waals surface area contributed by atoms with Crippen LogP contribution in [0.5, 0.6) is 0 Å². The highest BCUT2D eigenvalue weighted by atomic mass is 16.2. The molecule has 0 spiro atoms. The highest BCUT2D eigenvalue weighted by Crippen LogP contribution is 1.90. The lowest BCUT2D eigenvalue weighted by molar-refractivity contribution is -0.127. The van der Waals surface area contributed by atoms with Gasteiger partial charge in [0.25, 0.3) is 0 Å². The molecular weight excluding hydrogens is 126 g/mol. The van der Waals surface area contributed by atoms with E-state index in [9.17, 15) is 4.79 Å². The molecule has 0 aliphatic carbocycles. The van der Waals surface area contributed by atoms with E-state index >= 15 is 0 Å². The van der Waals surface area contributed by atoms with Gasteiger partial charge in [-0.25, -0.2) is 0 Å². The first-order valence-corrected chi connectivity index (χ1v) is 3.53. The van der Waals surface area contributed by atoms with Crippen LogP contribution >= 0.6 is 0 Å². The number of carbonyl (C=O) groups is 1. The van der Waals surface area contributed by atoms with Crippen LogP contribution in [0, 0.1) is 0 Å². The normalized spacial score (nSPS) is 10.3. The van der Waals surface area contributed by atoms with Gasteiger partial charge >= 0.3 is 0 Å². The van der Waals surface area contributed by atoms with Crippen molar-refractivity contribution in [1.82, 2.24) is 4.90 Å². The smallest absolute Gasteiger partial charge is 0.225 e. The van der Waals surface area contributed by atoms with E-state index in [4.69, 9.17) is 0 Å². The second-order valence-corrected chi connectivity index (χ2v) is 2.37. The SMILES string of the molecule is CCC=CCC(=O)N(C)C. The summed E-state index contributed by atoms with van der Waals surface area (Å²) in [6.45, 7) is 2.05. The molecule has 0 heterocycles. The first kappa shape index (κ1) is 9.21. The zero-order chi connectivity index (χ0) is 7.98. The molecule has 0 bridgehead atoms. The van der Waals surface area contributed by atoms with Gasteiger partial charge in [-0.2, -0.15) is 0 Å². The Morgan fingerprint density at radius 3 is 2.40 bits per heavy atom. The maximum atomic E-state index is 10.9. The van der Waals surface area contributed by atoms with Gasteiger partial charge in [0.2, 0.25) is 5.91 Å². The minimum atomic E-state index is 0.157. The molecule has 0 aliphatic heterocycles. The predicted octanol–water partition coefficient (Wildman–Crippen LogP) is 1.43. The Kier molecular flexibility index (Phi) is 4.63. The molecule has 10 heavy (non-hydrogen) atoms. The van der Waals surface area contributed by atoms with Crippen LogP contribution in [0.1, 0.15) is 19.8 Å². The third kappa shape index (κ3) is 4.13. The van der Waals surface area contributed by atoms with E-state index in [0.717, 1.165) is 6.42 Å². The van der Waals surface area contributed by atoms with Gasteiger partial charge in [0.1, 0.15) is 0 Å². The second-order valence-electron chi connectivity index (χ2n) is 2.37. The minimum absolute atomic E-state index is 0.157. The first-order chi connectivity index (χ1) is 4.68. The highest BCUT2D eigenvalue weighted by Gasteiger charge is 1.97. The summed E-state index contributed by atoms with van der Waals surface area (Å²) < 4.78 is 0. The molecule has 58 valence electrons. The third-order valence-corrected chi connectivity index (χ3v) is 1.19. The molecule has 1 amide bonds. The topological polar surface area (TPSA) is 20.3 Å². The number of hydrogen-bond acceptors (Lipinski definition) is 1. The summed E-state index contributed by atoms with van der Waals surface area (Å²) >= 11 is 0. The third-order valence-electron chi connectivity index (χ3n) is 1.19. The van der Waals surface area contributed by atoms with E-state index in [2.05, 4.69) is 6.92 Å². The monoisotopic (exact) mass is 141 g/mol. The first-order valence-electron chi connectivity index (χ1n) is 3.53. The van der Waals surface area contributed by atoms with Crippen molar-refractivity contribution < 1.29 is 4.79 Å². The lowest BCUT2D eigenvalue weighted by atomic mass is 10.3. The summed E-state index contributed by atoms with van der Waals surface area (Å²) in [4.78, 5) is 12.5. The van der Waals surface area contributed by atoms with Crippen LogP contribution in [-0.2, 0) is 4.79 Å². The van der Waals surface area contributed by atoms with Crippen molar-refractivity contribution in [2.75, 3.05) is 14.1 Å². The Morgan fingerprint density at radius 1 is 1.40 bits per heavy atom. The van der Waals surface area contributed by atoms with Crippen molar-refractivity contribution in [2.24, 2.45) is 0 Å². The molecule has 0 aromatic heterocycles. The Bertz CT molecular complexity index is 127. The van der Waals surface area contributed by atoms with Crippen LogP contribution in [-0.4, -0.2) is 24.9 Å². The molecule has 2 heteroatoms. The van der Waals surface area contributed by atoms with Crippen molar-refractivity contribution in [3.8, 4) is 0 Å². The largest absolute Gasteiger partial charge is 0.349 e. The maximum absolute atomic E-state index is 10.9. The van der Waals surface area contributed by atoms with Crippen molar-refractivity contribution >= 4 is 5.91 Å². The van der Waals surface area contributed by atoms with E-state index in [1.54, 1.807) is 19.0 Å². The molecule has 2 nitrogen and oxygen atoms in total. The van der Waals surface area contributed by atoms with Gasteiger partial charge in [0.15, 0.2) is 0 Å². The van der Waals surface area contributed by atoms with E-state index < -0.39 is 0 Å². The number of allylic oxidation sites excluding steroid dienone is 1. The van der Waals surface area contributed by atoms with Gasteiger partial charge < -0.3 is 4.90 Å². The number of rotatable bonds is 3. The number of amides is 1. The number of hydrogen-bond donors (Lipinski definition) is 0. The van der Waals surface area contributed by atoms with Crippen LogP contribution in [0.2, 0.25) is 0 Å². The van der Waals surface area contributed by atoms with Gasteiger partial charge in [0, 0.05) is 20.5 Å². The minimum Gasteiger partial charge on any atom is -0.349 e. The van der Waals surface area contributed by atoms with Crippen molar-refractivity contribution in [2.45, 2.75) is 19.8 Å². The Morgan fingerprint density at radius 2 is 2.00 bits per heavy atom. The van der Waals surface area contributed by atoms with Crippen molar-refractivity contribution in [3.63, 3.8) is 0 Å². The Hall–Kier alpha value is -0.790. The standard InChI is InChI=1S/C8H15NO/c1-4-5-6-7-8(10)9(2)3/h5-6H,4,7H2,1-3H3. The quantitative estimate of drug-likeness (QED) is 0.544. The molecule has 0 unspecified atom stereocenters. The number of nitrogens with zero attached hydrogens (tertiary/aromatic N) is 1. The zero-order valence-corrected chi connectivity index (χ0v) is 6.92. The fraction of sp³-hybridized carbons (Fsp3) is 0.625.